The first-order valence-electron chi connectivity index (χ1n) is 16.1. The van der Waals surface area contributed by atoms with Gasteiger partial charge in [-0.1, -0.05) is 0 Å². The molecule has 0 saturated heterocycles. The monoisotopic (exact) mass is 712 g/mol. The Bertz CT molecular complexity index is 1810. The number of aryl methyl sites for hydroxylation is 4. The molecule has 0 bridgehead atoms. The Morgan fingerprint density at radius 2 is 0.909 bits per heavy atom. The fourth-order valence-electron chi connectivity index (χ4n) is 8.72. The van der Waals surface area contributed by atoms with Crippen LogP contribution in [-0.2, 0) is 27.9 Å². The Labute approximate surface area is 273 Å². The minimum atomic E-state index is -5.33. The summed E-state index contributed by atoms with van der Waals surface area (Å²) in [6, 6.07) is 31.5. The molecule has 4 aromatic carbocycles. The van der Waals surface area contributed by atoms with Gasteiger partial charge in [-0.2, -0.15) is 0 Å². The number of allylic oxidation sites excluding steroid dienone is 4. The van der Waals surface area contributed by atoms with E-state index in [-0.39, 0.29) is 7.25 Å². The number of fused-ring (bicyclic) bond motifs is 2. The summed E-state index contributed by atoms with van der Waals surface area (Å²) in [4.78, 5) is 0. The summed E-state index contributed by atoms with van der Waals surface area (Å²) >= 11 is -5.33. The van der Waals surface area contributed by atoms with Gasteiger partial charge in [0.25, 0.3) is 0 Å². The molecule has 0 spiro atoms. The van der Waals surface area contributed by atoms with Crippen molar-refractivity contribution in [3.8, 4) is 0 Å². The molecule has 0 aromatic heterocycles. The molecule has 0 fully saturated rings. The molecule has 0 N–H and O–H groups in total. The minimum absolute atomic E-state index is 0.0129. The van der Waals surface area contributed by atoms with E-state index in [0.29, 0.717) is 0 Å². The molecule has 4 heteroatoms. The van der Waals surface area contributed by atoms with Gasteiger partial charge in [-0.05, 0) is 0 Å². The van der Waals surface area contributed by atoms with Gasteiger partial charge in [-0.3, -0.25) is 0 Å². The van der Waals surface area contributed by atoms with Crippen LogP contribution in [0.5, 0.6) is 0 Å². The average Bonchev–Trinajstić information content (AvgIpc) is 3.46. The molecule has 2 unspecified atom stereocenters. The fourth-order valence-corrected chi connectivity index (χ4v) is 55.3. The second-order valence-electron chi connectivity index (χ2n) is 13.1. The average molecular weight is 715 g/mol. The number of hydrogen-bond acceptors (Lipinski definition) is 0. The van der Waals surface area contributed by atoms with Crippen LogP contribution in [-0.4, -0.2) is 5.43 Å². The third kappa shape index (κ3) is 4.53. The van der Waals surface area contributed by atoms with E-state index < -0.39 is 20.4 Å². The van der Waals surface area contributed by atoms with Crippen LogP contribution >= 0.6 is 17.0 Å². The van der Waals surface area contributed by atoms with Crippen LogP contribution in [0.3, 0.4) is 0 Å². The third-order valence-electron chi connectivity index (χ3n) is 10.9. The molecule has 4 aromatic rings. The van der Waals surface area contributed by atoms with Crippen molar-refractivity contribution in [3.63, 3.8) is 0 Å². The quantitative estimate of drug-likeness (QED) is 0.175. The first-order chi connectivity index (χ1) is 21.0. The predicted octanol–water partition coefficient (Wildman–Crippen LogP) is 10.6. The van der Waals surface area contributed by atoms with Gasteiger partial charge in [0.1, 0.15) is 0 Å². The first kappa shape index (κ1) is 32.0. The van der Waals surface area contributed by atoms with Gasteiger partial charge in [0, 0.05) is 0 Å². The number of halogens is 2. The van der Waals surface area contributed by atoms with E-state index in [0.717, 1.165) is 12.8 Å². The molecule has 0 radical (unpaired) electrons. The molecule has 0 nitrogen and oxygen atoms in total. The van der Waals surface area contributed by atoms with Crippen LogP contribution in [0, 0.1) is 13.8 Å². The van der Waals surface area contributed by atoms with Crippen molar-refractivity contribution < 1.29 is 15.0 Å². The molecular formula is C40H44Cl2SiZr. The molecule has 2 atom stereocenters. The summed E-state index contributed by atoms with van der Waals surface area (Å²) in [6.45, 7) is 18.5. The molecule has 0 amide bonds. The Morgan fingerprint density at radius 3 is 1.25 bits per heavy atom. The summed E-state index contributed by atoms with van der Waals surface area (Å²) in [7, 11) is 18.2. The van der Waals surface area contributed by atoms with E-state index in [1.807, 2.05) is 0 Å². The standard InChI is InChI=1S/2C14H17.C12H10Si.2ClH.Zr/c2*1-5-12-7-6-9(2)13-8-10(3)11(4)14(12)13;1-3-7-11(8-4-1)13-12-9-5-2-6-10-12;;;/h2*6-8H,5H2,1-4H3;1-10H;2*1H;/q;;;;;+2/p-2. The van der Waals surface area contributed by atoms with Crippen molar-refractivity contribution in [1.29, 1.82) is 0 Å². The molecule has 0 saturated carbocycles. The van der Waals surface area contributed by atoms with Crippen LogP contribution in [0.4, 0.5) is 0 Å². The van der Waals surface area contributed by atoms with E-state index in [9.17, 15) is 0 Å². The molecule has 2 aliphatic rings. The van der Waals surface area contributed by atoms with Crippen molar-refractivity contribution in [2.75, 3.05) is 0 Å². The Morgan fingerprint density at radius 1 is 0.545 bits per heavy atom. The summed E-state index contributed by atoms with van der Waals surface area (Å²) in [5.74, 6) is 0. The van der Waals surface area contributed by atoms with E-state index in [1.54, 1.807) is 0 Å². The molecule has 226 valence electrons. The summed E-state index contributed by atoms with van der Waals surface area (Å²) in [6.07, 6.45) is 1.99. The van der Waals surface area contributed by atoms with Gasteiger partial charge in [-0.25, -0.2) is 0 Å². The normalized spacial score (nSPS) is 18.2. The van der Waals surface area contributed by atoms with Gasteiger partial charge in [0.15, 0.2) is 0 Å². The summed E-state index contributed by atoms with van der Waals surface area (Å²) in [5.41, 5.74) is 14.9. The summed E-state index contributed by atoms with van der Waals surface area (Å²) < 4.78 is 0.0258. The number of benzene rings is 4. The first-order valence-corrected chi connectivity index (χ1v) is 30.5. The van der Waals surface area contributed by atoms with Gasteiger partial charge in [-0.15, -0.1) is 0 Å². The maximum atomic E-state index is 9.11. The molecule has 44 heavy (non-hydrogen) atoms. The third-order valence-corrected chi connectivity index (χ3v) is 49.0. The second-order valence-corrected chi connectivity index (χ2v) is 48.1. The van der Waals surface area contributed by atoms with Crippen molar-refractivity contribution in [1.82, 2.24) is 0 Å². The Balaban J connectivity index is 1.92. The van der Waals surface area contributed by atoms with E-state index in [1.165, 1.54) is 77.2 Å². The van der Waals surface area contributed by atoms with Gasteiger partial charge >= 0.3 is 275 Å². The second kappa shape index (κ2) is 11.7. The van der Waals surface area contributed by atoms with Crippen LogP contribution < -0.4 is 10.4 Å². The van der Waals surface area contributed by atoms with Crippen LogP contribution in [0.25, 0.3) is 11.1 Å². The van der Waals surface area contributed by atoms with Gasteiger partial charge in [0.05, 0.1) is 0 Å². The predicted molar refractivity (Wildman–Crippen MR) is 193 cm³/mol. The fraction of sp³-hybridized carbons (Fsp3) is 0.300. The zero-order valence-corrected chi connectivity index (χ0v) is 32.4. The zero-order valence-electron chi connectivity index (χ0n) is 27.4. The number of hydrogen-bond donors (Lipinski definition) is 0. The van der Waals surface area contributed by atoms with E-state index in [2.05, 4.69) is 140 Å². The topological polar surface area (TPSA) is 0 Å². The molecular weight excluding hydrogens is 671 g/mol. The molecule has 2 aliphatic carbocycles. The molecule has 0 heterocycles. The SMILES string of the molecule is CCc1ccc(C)c2c1C(C)=C(C)[CH]2[Zr]([Cl])([Cl])([CH]1C(C)=C(C)c2c(CC)ccc(C)c21)=[Si](c1ccccc1)c1ccccc1. The maximum absolute atomic E-state index is 9.11. The Kier molecular flexibility index (Phi) is 8.50. The summed E-state index contributed by atoms with van der Waals surface area (Å²) in [5, 5.41) is 2.65. The van der Waals surface area contributed by atoms with Crippen LogP contribution in [0.2, 0.25) is 0 Å². The van der Waals surface area contributed by atoms with E-state index >= 15 is 0 Å². The van der Waals surface area contributed by atoms with Gasteiger partial charge < -0.3 is 0 Å². The van der Waals surface area contributed by atoms with Crippen molar-refractivity contribution in [2.24, 2.45) is 0 Å². The van der Waals surface area contributed by atoms with Gasteiger partial charge in [0.2, 0.25) is 0 Å². The van der Waals surface area contributed by atoms with Crippen molar-refractivity contribution >= 4 is 44.0 Å². The van der Waals surface area contributed by atoms with Crippen LogP contribution in [0.15, 0.2) is 96.1 Å². The van der Waals surface area contributed by atoms with E-state index in [4.69, 9.17) is 17.0 Å². The van der Waals surface area contributed by atoms with Crippen molar-refractivity contribution in [2.45, 2.75) is 75.5 Å². The van der Waals surface area contributed by atoms with Crippen LogP contribution in [0.1, 0.15) is 93.3 Å². The molecule has 6 rings (SSSR count). The zero-order chi connectivity index (χ0) is 31.6. The molecule has 0 aliphatic heterocycles. The number of rotatable bonds is 6. The Hall–Kier alpha value is -1.96. The van der Waals surface area contributed by atoms with Crippen molar-refractivity contribution in [3.05, 3.63) is 141 Å².